The quantitative estimate of drug-likeness (QED) is 0.694. The molecule has 1 atom stereocenters. The smallest absolute Gasteiger partial charge is 0.0558 e. The number of rotatable bonds is 4. The average molecular weight is 198 g/mol. The number of hydrogen-bond donors (Lipinski definition) is 2. The van der Waals surface area contributed by atoms with Crippen molar-refractivity contribution in [3.63, 3.8) is 0 Å². The van der Waals surface area contributed by atoms with Crippen molar-refractivity contribution in [2.24, 2.45) is 0 Å². The summed E-state index contributed by atoms with van der Waals surface area (Å²) in [7, 11) is 0. The SMILES string of the molecule is OCCN(C1CCCC1)C1CCNC1. The van der Waals surface area contributed by atoms with Crippen LogP contribution >= 0.6 is 0 Å². The molecule has 1 aliphatic heterocycles. The monoisotopic (exact) mass is 198 g/mol. The van der Waals surface area contributed by atoms with Crippen LogP contribution in [-0.4, -0.2) is 48.3 Å². The van der Waals surface area contributed by atoms with E-state index in [0.29, 0.717) is 12.6 Å². The van der Waals surface area contributed by atoms with Gasteiger partial charge >= 0.3 is 0 Å². The van der Waals surface area contributed by atoms with Crippen molar-refractivity contribution < 1.29 is 5.11 Å². The number of aliphatic hydroxyl groups is 1. The zero-order valence-corrected chi connectivity index (χ0v) is 8.91. The highest BCUT2D eigenvalue weighted by molar-refractivity contribution is 4.87. The van der Waals surface area contributed by atoms with Crippen LogP contribution in [0.4, 0.5) is 0 Å². The molecule has 1 unspecified atom stereocenters. The summed E-state index contributed by atoms with van der Waals surface area (Å²) in [5.74, 6) is 0. The third kappa shape index (κ3) is 2.27. The van der Waals surface area contributed by atoms with Crippen molar-refractivity contribution in [2.75, 3.05) is 26.2 Å². The fraction of sp³-hybridized carbons (Fsp3) is 1.00. The van der Waals surface area contributed by atoms with E-state index in [4.69, 9.17) is 5.11 Å². The van der Waals surface area contributed by atoms with Gasteiger partial charge in [-0.15, -0.1) is 0 Å². The maximum absolute atomic E-state index is 9.10. The summed E-state index contributed by atoms with van der Waals surface area (Å²) >= 11 is 0. The van der Waals surface area contributed by atoms with Gasteiger partial charge in [0, 0.05) is 25.2 Å². The molecular weight excluding hydrogens is 176 g/mol. The van der Waals surface area contributed by atoms with Gasteiger partial charge in [-0.2, -0.15) is 0 Å². The first kappa shape index (κ1) is 10.4. The normalized spacial score (nSPS) is 29.1. The minimum atomic E-state index is 0.313. The second-order valence-electron chi connectivity index (χ2n) is 4.55. The lowest BCUT2D eigenvalue weighted by molar-refractivity contribution is 0.112. The van der Waals surface area contributed by atoms with Gasteiger partial charge in [0.05, 0.1) is 6.61 Å². The second kappa shape index (κ2) is 5.10. The van der Waals surface area contributed by atoms with E-state index < -0.39 is 0 Å². The summed E-state index contributed by atoms with van der Waals surface area (Å²) in [4.78, 5) is 2.55. The van der Waals surface area contributed by atoms with Crippen molar-refractivity contribution in [3.8, 4) is 0 Å². The van der Waals surface area contributed by atoms with Crippen LogP contribution in [0, 0.1) is 0 Å². The molecule has 1 saturated carbocycles. The Kier molecular flexibility index (Phi) is 3.79. The lowest BCUT2D eigenvalue weighted by atomic mass is 10.1. The van der Waals surface area contributed by atoms with Crippen molar-refractivity contribution in [1.82, 2.24) is 10.2 Å². The molecule has 3 heteroatoms. The number of aliphatic hydroxyl groups excluding tert-OH is 1. The molecule has 1 saturated heterocycles. The summed E-state index contributed by atoms with van der Waals surface area (Å²) in [6, 6.07) is 1.44. The van der Waals surface area contributed by atoms with E-state index in [1.54, 1.807) is 0 Å². The van der Waals surface area contributed by atoms with Gasteiger partial charge < -0.3 is 10.4 Å². The zero-order valence-electron chi connectivity index (χ0n) is 8.91. The van der Waals surface area contributed by atoms with Crippen LogP contribution in [0.15, 0.2) is 0 Å². The van der Waals surface area contributed by atoms with Crippen molar-refractivity contribution in [3.05, 3.63) is 0 Å². The van der Waals surface area contributed by atoms with Crippen molar-refractivity contribution >= 4 is 0 Å². The minimum absolute atomic E-state index is 0.313. The minimum Gasteiger partial charge on any atom is -0.395 e. The van der Waals surface area contributed by atoms with E-state index in [1.807, 2.05) is 0 Å². The molecule has 0 aromatic rings. The lowest BCUT2D eigenvalue weighted by Gasteiger charge is -2.33. The van der Waals surface area contributed by atoms with Gasteiger partial charge in [-0.25, -0.2) is 0 Å². The van der Waals surface area contributed by atoms with E-state index >= 15 is 0 Å². The van der Waals surface area contributed by atoms with Gasteiger partial charge in [0.1, 0.15) is 0 Å². The molecule has 0 bridgehead atoms. The highest BCUT2D eigenvalue weighted by atomic mass is 16.3. The van der Waals surface area contributed by atoms with E-state index in [9.17, 15) is 0 Å². The van der Waals surface area contributed by atoms with Crippen LogP contribution in [0.3, 0.4) is 0 Å². The molecule has 3 nitrogen and oxygen atoms in total. The maximum Gasteiger partial charge on any atom is 0.0558 e. The standard InChI is InChI=1S/C11H22N2O/c14-8-7-13(10-3-1-2-4-10)11-5-6-12-9-11/h10-12,14H,1-9H2. The molecule has 0 spiro atoms. The molecule has 2 rings (SSSR count). The molecule has 0 aromatic heterocycles. The first-order valence-corrected chi connectivity index (χ1v) is 5.99. The van der Waals surface area contributed by atoms with E-state index in [0.717, 1.165) is 25.7 Å². The highest BCUT2D eigenvalue weighted by Crippen LogP contribution is 2.26. The molecule has 0 radical (unpaired) electrons. The molecule has 0 amide bonds. The van der Waals surface area contributed by atoms with Gasteiger partial charge in [-0.1, -0.05) is 12.8 Å². The van der Waals surface area contributed by atoms with Gasteiger partial charge in [0.15, 0.2) is 0 Å². The van der Waals surface area contributed by atoms with Crippen LogP contribution in [0.25, 0.3) is 0 Å². The number of hydrogen-bond acceptors (Lipinski definition) is 3. The van der Waals surface area contributed by atoms with E-state index in [-0.39, 0.29) is 0 Å². The van der Waals surface area contributed by atoms with Gasteiger partial charge in [-0.05, 0) is 25.8 Å². The largest absolute Gasteiger partial charge is 0.395 e. The molecule has 2 N–H and O–H groups in total. The molecule has 1 heterocycles. The fourth-order valence-electron chi connectivity index (χ4n) is 2.94. The third-order valence-electron chi connectivity index (χ3n) is 3.66. The summed E-state index contributed by atoms with van der Waals surface area (Å²) in [5.41, 5.74) is 0. The topological polar surface area (TPSA) is 35.5 Å². The van der Waals surface area contributed by atoms with E-state index in [2.05, 4.69) is 10.2 Å². The van der Waals surface area contributed by atoms with Crippen LogP contribution in [0.2, 0.25) is 0 Å². The summed E-state index contributed by atoms with van der Waals surface area (Å²) in [6.07, 6.45) is 6.71. The van der Waals surface area contributed by atoms with E-state index in [1.165, 1.54) is 32.1 Å². The molecule has 14 heavy (non-hydrogen) atoms. The third-order valence-corrected chi connectivity index (χ3v) is 3.66. The average Bonchev–Trinajstić information content (AvgIpc) is 2.87. The first-order chi connectivity index (χ1) is 6.92. The molecular formula is C11H22N2O. The summed E-state index contributed by atoms with van der Waals surface area (Å²) in [6.45, 7) is 3.46. The Hall–Kier alpha value is -0.120. The Morgan fingerprint density at radius 2 is 1.93 bits per heavy atom. The van der Waals surface area contributed by atoms with Gasteiger partial charge in [-0.3, -0.25) is 4.90 Å². The van der Waals surface area contributed by atoms with Gasteiger partial charge in [0.2, 0.25) is 0 Å². The molecule has 82 valence electrons. The predicted molar refractivity (Wildman–Crippen MR) is 57.3 cm³/mol. The Morgan fingerprint density at radius 3 is 2.50 bits per heavy atom. The second-order valence-corrected chi connectivity index (χ2v) is 4.55. The fourth-order valence-corrected chi connectivity index (χ4v) is 2.94. The van der Waals surface area contributed by atoms with Gasteiger partial charge in [0.25, 0.3) is 0 Å². The van der Waals surface area contributed by atoms with Crippen LogP contribution < -0.4 is 5.32 Å². The molecule has 1 aliphatic carbocycles. The predicted octanol–water partition coefficient (Wildman–Crippen LogP) is 0.585. The lowest BCUT2D eigenvalue weighted by Crippen LogP contribution is -2.44. The molecule has 2 fully saturated rings. The molecule has 2 aliphatic rings. The number of nitrogens with one attached hydrogen (secondary N) is 1. The van der Waals surface area contributed by atoms with Crippen LogP contribution in [0.5, 0.6) is 0 Å². The first-order valence-electron chi connectivity index (χ1n) is 5.99. The Labute approximate surface area is 86.5 Å². The van der Waals surface area contributed by atoms with Crippen molar-refractivity contribution in [2.45, 2.75) is 44.2 Å². The Balaban J connectivity index is 1.91. The Bertz CT molecular complexity index is 147. The zero-order chi connectivity index (χ0) is 9.80. The Morgan fingerprint density at radius 1 is 1.14 bits per heavy atom. The highest BCUT2D eigenvalue weighted by Gasteiger charge is 2.29. The van der Waals surface area contributed by atoms with Crippen LogP contribution in [0.1, 0.15) is 32.1 Å². The summed E-state index contributed by atoms with van der Waals surface area (Å²) in [5, 5.41) is 12.5. The van der Waals surface area contributed by atoms with Crippen molar-refractivity contribution in [1.29, 1.82) is 0 Å². The number of nitrogens with zero attached hydrogens (tertiary/aromatic N) is 1. The summed E-state index contributed by atoms with van der Waals surface area (Å²) < 4.78 is 0. The molecule has 0 aromatic carbocycles. The van der Waals surface area contributed by atoms with Crippen LogP contribution in [-0.2, 0) is 0 Å². The maximum atomic E-state index is 9.10.